The number of benzene rings is 1. The maximum Gasteiger partial charge on any atom is 0.321 e. The van der Waals surface area contributed by atoms with Gasteiger partial charge in [0.15, 0.2) is 5.16 Å². The van der Waals surface area contributed by atoms with Crippen molar-refractivity contribution in [2.45, 2.75) is 49.5 Å². The van der Waals surface area contributed by atoms with Gasteiger partial charge in [0.1, 0.15) is 0 Å². The van der Waals surface area contributed by atoms with Gasteiger partial charge in [-0.05, 0) is 37.8 Å². The molecule has 1 atom stereocenters. The molecule has 3 amide bonds. The highest BCUT2D eigenvalue weighted by Crippen LogP contribution is 2.21. The largest absolute Gasteiger partial charge is 0.376 e. The molecule has 9 heteroatoms. The first-order chi connectivity index (χ1) is 13.6. The standard InChI is InChI=1S/C19H22N4O4S/c24-16(22-18(26)20-12-7-8-12)11-28-19-21-15-6-2-1-5-14(15)17(25)23(19)10-13-4-3-9-27-13/h1-2,5-6,12-13H,3-4,7-11H2,(H2,20,22,24,26)/t13-/m1/s1. The smallest absolute Gasteiger partial charge is 0.321 e. The third-order valence-corrected chi connectivity index (χ3v) is 5.71. The molecule has 2 aromatic rings. The molecule has 1 aliphatic carbocycles. The predicted octanol–water partition coefficient (Wildman–Crippen LogP) is 1.66. The summed E-state index contributed by atoms with van der Waals surface area (Å²) < 4.78 is 7.25. The van der Waals surface area contributed by atoms with Crippen LogP contribution in [0.25, 0.3) is 10.9 Å². The number of hydrogen-bond donors (Lipinski definition) is 2. The lowest BCUT2D eigenvalue weighted by atomic mass is 10.2. The van der Waals surface area contributed by atoms with Gasteiger partial charge in [-0.2, -0.15) is 0 Å². The fraction of sp³-hybridized carbons (Fsp3) is 0.474. The number of imide groups is 1. The molecule has 1 saturated heterocycles. The Kier molecular flexibility index (Phi) is 5.63. The summed E-state index contributed by atoms with van der Waals surface area (Å²) in [6.45, 7) is 1.10. The van der Waals surface area contributed by atoms with E-state index in [1.165, 1.54) is 0 Å². The van der Waals surface area contributed by atoms with Crippen molar-refractivity contribution < 1.29 is 14.3 Å². The number of urea groups is 1. The maximum absolute atomic E-state index is 13.0. The lowest BCUT2D eigenvalue weighted by molar-refractivity contribution is -0.117. The van der Waals surface area contributed by atoms with Crippen molar-refractivity contribution in [1.29, 1.82) is 0 Å². The Morgan fingerprint density at radius 3 is 2.82 bits per heavy atom. The summed E-state index contributed by atoms with van der Waals surface area (Å²) in [5.41, 5.74) is 0.445. The zero-order valence-corrected chi connectivity index (χ0v) is 16.2. The van der Waals surface area contributed by atoms with E-state index in [0.29, 0.717) is 29.2 Å². The number of para-hydroxylation sites is 1. The third-order valence-electron chi connectivity index (χ3n) is 4.73. The van der Waals surface area contributed by atoms with Gasteiger partial charge in [0, 0.05) is 12.6 Å². The summed E-state index contributed by atoms with van der Waals surface area (Å²) >= 11 is 1.15. The van der Waals surface area contributed by atoms with Gasteiger partial charge in [0.25, 0.3) is 5.56 Å². The molecule has 0 bridgehead atoms. The first-order valence-corrected chi connectivity index (χ1v) is 10.4. The first kappa shape index (κ1) is 18.9. The number of thioether (sulfide) groups is 1. The van der Waals surface area contributed by atoms with Gasteiger partial charge in [0.2, 0.25) is 5.91 Å². The SMILES string of the molecule is O=C(CSc1nc2ccccc2c(=O)n1C[C@H]1CCCO1)NC(=O)NC1CC1. The third kappa shape index (κ3) is 4.53. The maximum atomic E-state index is 13.0. The van der Waals surface area contributed by atoms with Crippen molar-refractivity contribution in [2.75, 3.05) is 12.4 Å². The minimum absolute atomic E-state index is 0.00556. The Bertz CT molecular complexity index is 951. The molecular weight excluding hydrogens is 380 g/mol. The molecule has 8 nitrogen and oxygen atoms in total. The monoisotopic (exact) mass is 402 g/mol. The van der Waals surface area contributed by atoms with Crippen molar-refractivity contribution in [2.24, 2.45) is 0 Å². The second-order valence-corrected chi connectivity index (χ2v) is 7.99. The van der Waals surface area contributed by atoms with Crippen LogP contribution in [0.2, 0.25) is 0 Å². The molecular formula is C19H22N4O4S. The van der Waals surface area contributed by atoms with E-state index in [4.69, 9.17) is 4.74 Å². The second-order valence-electron chi connectivity index (χ2n) is 7.05. The zero-order valence-electron chi connectivity index (χ0n) is 15.3. The summed E-state index contributed by atoms with van der Waals surface area (Å²) in [7, 11) is 0. The van der Waals surface area contributed by atoms with E-state index in [-0.39, 0.29) is 23.5 Å². The van der Waals surface area contributed by atoms with Gasteiger partial charge in [-0.3, -0.25) is 19.5 Å². The summed E-state index contributed by atoms with van der Waals surface area (Å²) in [5.74, 6) is -0.428. The van der Waals surface area contributed by atoms with Crippen molar-refractivity contribution >= 4 is 34.6 Å². The Balaban J connectivity index is 1.51. The van der Waals surface area contributed by atoms with Gasteiger partial charge in [0.05, 0.1) is 29.3 Å². The molecule has 2 heterocycles. The number of fused-ring (bicyclic) bond motifs is 1. The van der Waals surface area contributed by atoms with Crippen molar-refractivity contribution in [3.05, 3.63) is 34.6 Å². The van der Waals surface area contributed by atoms with E-state index < -0.39 is 11.9 Å². The van der Waals surface area contributed by atoms with Crippen LogP contribution in [0.15, 0.2) is 34.2 Å². The van der Waals surface area contributed by atoms with Gasteiger partial charge < -0.3 is 10.1 Å². The predicted molar refractivity (Wildman–Crippen MR) is 105 cm³/mol. The number of rotatable bonds is 6. The minimum Gasteiger partial charge on any atom is -0.376 e. The van der Waals surface area contributed by atoms with Crippen molar-refractivity contribution in [3.63, 3.8) is 0 Å². The van der Waals surface area contributed by atoms with Crippen LogP contribution >= 0.6 is 11.8 Å². The number of aromatic nitrogens is 2. The molecule has 1 saturated carbocycles. The van der Waals surface area contributed by atoms with Crippen LogP contribution in [0.4, 0.5) is 4.79 Å². The Morgan fingerprint density at radius 2 is 2.07 bits per heavy atom. The molecule has 2 aliphatic rings. The number of nitrogens with one attached hydrogen (secondary N) is 2. The summed E-state index contributed by atoms with van der Waals surface area (Å²) in [6.07, 6.45) is 3.74. The van der Waals surface area contributed by atoms with Gasteiger partial charge in [-0.1, -0.05) is 23.9 Å². The van der Waals surface area contributed by atoms with E-state index in [2.05, 4.69) is 15.6 Å². The Morgan fingerprint density at radius 1 is 1.25 bits per heavy atom. The zero-order chi connectivity index (χ0) is 19.5. The van der Waals surface area contributed by atoms with E-state index in [1.54, 1.807) is 22.8 Å². The highest BCUT2D eigenvalue weighted by molar-refractivity contribution is 7.99. The van der Waals surface area contributed by atoms with Crippen molar-refractivity contribution in [3.8, 4) is 0 Å². The molecule has 4 rings (SSSR count). The number of nitrogens with zero attached hydrogens (tertiary/aromatic N) is 2. The van der Waals surface area contributed by atoms with Crippen LogP contribution in [0.1, 0.15) is 25.7 Å². The molecule has 148 valence electrons. The highest BCUT2D eigenvalue weighted by atomic mass is 32.2. The van der Waals surface area contributed by atoms with Crippen molar-refractivity contribution in [1.82, 2.24) is 20.2 Å². The molecule has 0 unspecified atom stereocenters. The van der Waals surface area contributed by atoms with Crippen LogP contribution in [0, 0.1) is 0 Å². The van der Waals surface area contributed by atoms with E-state index in [0.717, 1.165) is 37.4 Å². The molecule has 0 spiro atoms. The second kappa shape index (κ2) is 8.32. The van der Waals surface area contributed by atoms with Crippen LogP contribution in [0.5, 0.6) is 0 Å². The normalized spacial score (nSPS) is 18.9. The fourth-order valence-electron chi connectivity index (χ4n) is 3.15. The minimum atomic E-state index is -0.476. The molecule has 2 fully saturated rings. The molecule has 1 aliphatic heterocycles. The number of carbonyl (C=O) groups excluding carboxylic acids is 2. The number of amides is 3. The quantitative estimate of drug-likeness (QED) is 0.563. The first-order valence-electron chi connectivity index (χ1n) is 9.44. The van der Waals surface area contributed by atoms with Crippen LogP contribution in [0.3, 0.4) is 0 Å². The molecule has 1 aromatic heterocycles. The average molecular weight is 402 g/mol. The van der Waals surface area contributed by atoms with E-state index in [1.807, 2.05) is 6.07 Å². The molecule has 0 radical (unpaired) electrons. The summed E-state index contributed by atoms with van der Waals surface area (Å²) in [4.78, 5) is 41.4. The average Bonchev–Trinajstić information content (AvgIpc) is 3.33. The molecule has 28 heavy (non-hydrogen) atoms. The van der Waals surface area contributed by atoms with Crippen LogP contribution < -0.4 is 16.2 Å². The lowest BCUT2D eigenvalue weighted by Crippen LogP contribution is -2.41. The molecule has 1 aromatic carbocycles. The Labute approximate surface area is 166 Å². The highest BCUT2D eigenvalue weighted by Gasteiger charge is 2.24. The van der Waals surface area contributed by atoms with Gasteiger partial charge >= 0.3 is 6.03 Å². The van der Waals surface area contributed by atoms with Gasteiger partial charge in [-0.25, -0.2) is 9.78 Å². The fourth-order valence-corrected chi connectivity index (χ4v) is 3.96. The summed E-state index contributed by atoms with van der Waals surface area (Å²) in [6, 6.07) is 6.86. The van der Waals surface area contributed by atoms with Gasteiger partial charge in [-0.15, -0.1) is 0 Å². The number of hydrogen-bond acceptors (Lipinski definition) is 6. The van der Waals surface area contributed by atoms with Crippen LogP contribution in [-0.4, -0.2) is 46.0 Å². The number of carbonyl (C=O) groups is 2. The van der Waals surface area contributed by atoms with E-state index in [9.17, 15) is 14.4 Å². The Hall–Kier alpha value is -2.39. The summed E-state index contributed by atoms with van der Waals surface area (Å²) in [5, 5.41) is 6.02. The topological polar surface area (TPSA) is 102 Å². The van der Waals surface area contributed by atoms with E-state index >= 15 is 0 Å². The molecule has 2 N–H and O–H groups in total. The number of ether oxygens (including phenoxy) is 1. The van der Waals surface area contributed by atoms with Crippen LogP contribution in [-0.2, 0) is 16.1 Å². The lowest BCUT2D eigenvalue weighted by Gasteiger charge is -2.16.